The maximum Gasteiger partial charge on any atom is 0.157 e. The minimum atomic E-state index is 0.414. The second-order valence-electron chi connectivity index (χ2n) is 6.19. The van der Waals surface area contributed by atoms with E-state index < -0.39 is 0 Å². The summed E-state index contributed by atoms with van der Waals surface area (Å²) in [5, 5.41) is 4.93. The number of thioether (sulfide) groups is 1. The molecule has 0 aromatic carbocycles. The summed E-state index contributed by atoms with van der Waals surface area (Å²) in [6.45, 7) is 5.95. The smallest absolute Gasteiger partial charge is 0.157 e. The van der Waals surface area contributed by atoms with Gasteiger partial charge < -0.3 is 10.2 Å². The number of aliphatic imine (C=N–C) groups is 1. The van der Waals surface area contributed by atoms with E-state index in [1.807, 2.05) is 11.8 Å². The summed E-state index contributed by atoms with van der Waals surface area (Å²) in [5.74, 6) is 1.24. The third-order valence-corrected chi connectivity index (χ3v) is 5.65. The second kappa shape index (κ2) is 5.41. The summed E-state index contributed by atoms with van der Waals surface area (Å²) in [4.78, 5) is 7.44. The van der Waals surface area contributed by atoms with E-state index in [-0.39, 0.29) is 0 Å². The Bertz CT molecular complexity index is 317. The average molecular weight is 267 g/mol. The summed E-state index contributed by atoms with van der Waals surface area (Å²) in [6, 6.07) is 0.439. The zero-order valence-corrected chi connectivity index (χ0v) is 12.3. The van der Waals surface area contributed by atoms with Crippen LogP contribution in [-0.2, 0) is 0 Å². The molecule has 1 N–H and O–H groups in total. The molecule has 0 amide bonds. The number of hydrogen-bond donors (Lipinski definition) is 1. The maximum absolute atomic E-state index is 4.89. The minimum Gasteiger partial charge on any atom is -0.359 e. The first-order valence-electron chi connectivity index (χ1n) is 7.47. The molecule has 0 aromatic heterocycles. The molecular formula is C14H25N3S. The van der Waals surface area contributed by atoms with Crippen molar-refractivity contribution in [2.24, 2.45) is 4.99 Å². The summed E-state index contributed by atoms with van der Waals surface area (Å²) in [6.07, 6.45) is 8.23. The predicted molar refractivity (Wildman–Crippen MR) is 79.4 cm³/mol. The second-order valence-corrected chi connectivity index (χ2v) is 7.16. The first-order chi connectivity index (χ1) is 8.76. The number of hydrogen-bond acceptors (Lipinski definition) is 3. The van der Waals surface area contributed by atoms with Gasteiger partial charge in [0.15, 0.2) is 5.17 Å². The van der Waals surface area contributed by atoms with Gasteiger partial charge in [-0.2, -0.15) is 0 Å². The van der Waals surface area contributed by atoms with E-state index in [2.05, 4.69) is 17.1 Å². The molecule has 1 atom stereocenters. The normalized spacial score (nSPS) is 31.3. The Kier molecular flexibility index (Phi) is 3.85. The van der Waals surface area contributed by atoms with E-state index in [4.69, 9.17) is 4.99 Å². The molecule has 0 aromatic rings. The topological polar surface area (TPSA) is 27.6 Å². The molecule has 18 heavy (non-hydrogen) atoms. The Hall–Kier alpha value is -0.220. The fourth-order valence-corrected chi connectivity index (χ4v) is 4.79. The van der Waals surface area contributed by atoms with Crippen molar-refractivity contribution in [1.82, 2.24) is 10.2 Å². The van der Waals surface area contributed by atoms with E-state index in [0.717, 1.165) is 6.54 Å². The van der Waals surface area contributed by atoms with Gasteiger partial charge in [0.1, 0.15) is 0 Å². The fourth-order valence-electron chi connectivity index (χ4n) is 3.48. The van der Waals surface area contributed by atoms with E-state index >= 15 is 0 Å². The molecule has 2 aliphatic heterocycles. The zero-order chi connectivity index (χ0) is 12.4. The van der Waals surface area contributed by atoms with Crippen LogP contribution in [0.15, 0.2) is 4.99 Å². The van der Waals surface area contributed by atoms with Crippen molar-refractivity contribution in [2.75, 3.05) is 25.4 Å². The standard InChI is InChI=1S/C14H25N3S/c1-12(10-17-8-4-5-9-17)15-13-16-14(11-18-13)6-2-3-7-14/h12H,2-11H2,1H3,(H,15,16). The van der Waals surface area contributed by atoms with Crippen molar-refractivity contribution in [3.05, 3.63) is 0 Å². The van der Waals surface area contributed by atoms with Gasteiger partial charge in [0.2, 0.25) is 0 Å². The number of nitrogens with zero attached hydrogens (tertiary/aromatic N) is 2. The highest BCUT2D eigenvalue weighted by Gasteiger charge is 2.39. The molecule has 3 aliphatic rings. The first kappa shape index (κ1) is 12.8. The van der Waals surface area contributed by atoms with Crippen molar-refractivity contribution in [1.29, 1.82) is 0 Å². The third kappa shape index (κ3) is 2.85. The van der Waals surface area contributed by atoms with Gasteiger partial charge in [-0.3, -0.25) is 4.99 Å². The predicted octanol–water partition coefficient (Wildman–Crippen LogP) is 2.48. The maximum atomic E-state index is 4.89. The van der Waals surface area contributed by atoms with E-state index in [1.54, 1.807) is 0 Å². The largest absolute Gasteiger partial charge is 0.359 e. The Labute approximate surface area is 115 Å². The van der Waals surface area contributed by atoms with Crippen molar-refractivity contribution in [3.8, 4) is 0 Å². The van der Waals surface area contributed by atoms with Gasteiger partial charge in [-0.05, 0) is 45.7 Å². The number of nitrogens with one attached hydrogen (secondary N) is 1. The molecule has 0 bridgehead atoms. The lowest BCUT2D eigenvalue weighted by molar-refractivity contribution is 0.321. The monoisotopic (exact) mass is 267 g/mol. The van der Waals surface area contributed by atoms with Crippen LogP contribution in [0, 0.1) is 0 Å². The number of amidine groups is 1. The lowest BCUT2D eigenvalue weighted by atomic mass is 10.0. The lowest BCUT2D eigenvalue weighted by Gasteiger charge is -2.22. The van der Waals surface area contributed by atoms with Crippen molar-refractivity contribution >= 4 is 16.9 Å². The van der Waals surface area contributed by atoms with Crippen LogP contribution >= 0.6 is 11.8 Å². The van der Waals surface area contributed by atoms with Crippen LogP contribution in [0.4, 0.5) is 0 Å². The summed E-state index contributed by atoms with van der Waals surface area (Å²) in [7, 11) is 0. The molecule has 2 saturated heterocycles. The SMILES string of the molecule is CC(CN1CCCC1)N=C1NC2(CCCC2)CS1. The van der Waals surface area contributed by atoms with E-state index in [0.29, 0.717) is 11.6 Å². The lowest BCUT2D eigenvalue weighted by Crippen LogP contribution is -2.41. The Morgan fingerprint density at radius 1 is 1.28 bits per heavy atom. The van der Waals surface area contributed by atoms with Gasteiger partial charge >= 0.3 is 0 Å². The van der Waals surface area contributed by atoms with Crippen LogP contribution in [-0.4, -0.2) is 47.0 Å². The van der Waals surface area contributed by atoms with Crippen LogP contribution in [0.2, 0.25) is 0 Å². The molecule has 2 heterocycles. The van der Waals surface area contributed by atoms with E-state index in [1.165, 1.54) is 62.5 Å². The summed E-state index contributed by atoms with van der Waals surface area (Å²) < 4.78 is 0. The van der Waals surface area contributed by atoms with Gasteiger partial charge in [-0.1, -0.05) is 24.6 Å². The fraction of sp³-hybridized carbons (Fsp3) is 0.929. The molecule has 1 aliphatic carbocycles. The van der Waals surface area contributed by atoms with Crippen LogP contribution in [0.25, 0.3) is 0 Å². The molecule has 1 unspecified atom stereocenters. The van der Waals surface area contributed by atoms with Gasteiger partial charge in [0.05, 0.1) is 6.04 Å². The van der Waals surface area contributed by atoms with Gasteiger partial charge in [0.25, 0.3) is 0 Å². The molecule has 1 saturated carbocycles. The van der Waals surface area contributed by atoms with Crippen LogP contribution in [0.3, 0.4) is 0 Å². The molecule has 3 nitrogen and oxygen atoms in total. The average Bonchev–Trinajstić information content (AvgIpc) is 3.04. The highest BCUT2D eigenvalue weighted by Crippen LogP contribution is 2.37. The Morgan fingerprint density at radius 2 is 2.00 bits per heavy atom. The van der Waals surface area contributed by atoms with Crippen molar-refractivity contribution < 1.29 is 0 Å². The third-order valence-electron chi connectivity index (χ3n) is 4.48. The van der Waals surface area contributed by atoms with Crippen LogP contribution < -0.4 is 5.32 Å². The quantitative estimate of drug-likeness (QED) is 0.851. The molecule has 1 spiro atoms. The van der Waals surface area contributed by atoms with Crippen LogP contribution in [0.5, 0.6) is 0 Å². The van der Waals surface area contributed by atoms with Crippen molar-refractivity contribution in [3.63, 3.8) is 0 Å². The van der Waals surface area contributed by atoms with Gasteiger partial charge in [-0.25, -0.2) is 0 Å². The number of rotatable bonds is 3. The number of likely N-dealkylation sites (tertiary alicyclic amines) is 1. The zero-order valence-electron chi connectivity index (χ0n) is 11.5. The Balaban J connectivity index is 1.52. The highest BCUT2D eigenvalue weighted by atomic mass is 32.2. The van der Waals surface area contributed by atoms with Gasteiger partial charge in [-0.15, -0.1) is 0 Å². The van der Waals surface area contributed by atoms with Crippen LogP contribution in [0.1, 0.15) is 45.4 Å². The molecule has 102 valence electrons. The molecular weight excluding hydrogens is 242 g/mol. The molecule has 0 radical (unpaired) electrons. The van der Waals surface area contributed by atoms with E-state index in [9.17, 15) is 0 Å². The summed E-state index contributed by atoms with van der Waals surface area (Å²) in [5.41, 5.74) is 0.414. The highest BCUT2D eigenvalue weighted by molar-refractivity contribution is 8.14. The minimum absolute atomic E-state index is 0.414. The van der Waals surface area contributed by atoms with Crippen molar-refractivity contribution in [2.45, 2.75) is 57.0 Å². The molecule has 3 fully saturated rings. The Morgan fingerprint density at radius 3 is 2.72 bits per heavy atom. The molecule has 3 rings (SSSR count). The summed E-state index contributed by atoms with van der Waals surface area (Å²) >= 11 is 1.95. The van der Waals surface area contributed by atoms with Gasteiger partial charge in [0, 0.05) is 17.8 Å². The molecule has 4 heteroatoms. The first-order valence-corrected chi connectivity index (χ1v) is 8.46.